The third-order valence-corrected chi connectivity index (χ3v) is 10.9. The van der Waals surface area contributed by atoms with Crippen LogP contribution in [0.4, 0.5) is 0 Å². The van der Waals surface area contributed by atoms with E-state index in [1.165, 1.54) is 15.9 Å². The first kappa shape index (κ1) is 24.8. The van der Waals surface area contributed by atoms with Crippen molar-refractivity contribution in [2.45, 2.75) is 46.3 Å². The van der Waals surface area contributed by atoms with Crippen molar-refractivity contribution in [3.63, 3.8) is 0 Å². The van der Waals surface area contributed by atoms with Crippen LogP contribution < -0.4 is 10.4 Å². The average Bonchev–Trinajstić information content (AvgIpc) is 2.81. The first-order chi connectivity index (χ1) is 15.8. The Morgan fingerprint density at radius 3 is 1.70 bits per heavy atom. The molecule has 0 amide bonds. The van der Waals surface area contributed by atoms with Crippen molar-refractivity contribution in [3.05, 3.63) is 120 Å². The Bertz CT molecular complexity index is 1010. The third-order valence-electron chi connectivity index (χ3n) is 5.96. The Kier molecular flexibility index (Phi) is 8.48. The SMILES string of the molecule is CC(C)=C(/C=C/OCc1ccccc1)CO[Si](c1ccccc1)(c1ccccc1)C(C)(C)C. The summed E-state index contributed by atoms with van der Waals surface area (Å²) >= 11 is 0. The molecular formula is C30H36O2Si. The van der Waals surface area contributed by atoms with Gasteiger partial charge < -0.3 is 9.16 Å². The molecule has 0 aromatic heterocycles. The largest absolute Gasteiger partial charge is 0.497 e. The molecule has 172 valence electrons. The number of benzene rings is 3. The topological polar surface area (TPSA) is 18.5 Å². The lowest BCUT2D eigenvalue weighted by molar-refractivity contribution is 0.235. The summed E-state index contributed by atoms with van der Waals surface area (Å²) in [7, 11) is -2.57. The van der Waals surface area contributed by atoms with Gasteiger partial charge in [0.05, 0.1) is 12.9 Å². The Morgan fingerprint density at radius 2 is 1.24 bits per heavy atom. The number of ether oxygens (including phenoxy) is 1. The molecule has 0 unspecified atom stereocenters. The number of rotatable bonds is 9. The van der Waals surface area contributed by atoms with Gasteiger partial charge in [0.15, 0.2) is 0 Å². The average molecular weight is 457 g/mol. The number of allylic oxidation sites excluding steroid dienone is 1. The molecular weight excluding hydrogens is 420 g/mol. The molecule has 0 spiro atoms. The normalized spacial score (nSPS) is 12.0. The molecule has 0 aliphatic carbocycles. The molecule has 0 N–H and O–H groups in total. The van der Waals surface area contributed by atoms with Gasteiger partial charge >= 0.3 is 0 Å². The highest BCUT2D eigenvalue weighted by molar-refractivity contribution is 6.99. The maximum Gasteiger partial charge on any atom is 0.261 e. The molecule has 0 fully saturated rings. The molecule has 3 rings (SSSR count). The Labute approximate surface area is 200 Å². The summed E-state index contributed by atoms with van der Waals surface area (Å²) in [5.41, 5.74) is 3.54. The summed E-state index contributed by atoms with van der Waals surface area (Å²) < 4.78 is 12.9. The van der Waals surface area contributed by atoms with E-state index in [1.807, 2.05) is 18.2 Å². The third kappa shape index (κ3) is 6.13. The van der Waals surface area contributed by atoms with Gasteiger partial charge in [-0.1, -0.05) is 117 Å². The molecule has 0 atom stereocenters. The van der Waals surface area contributed by atoms with Crippen LogP contribution in [0.5, 0.6) is 0 Å². The molecule has 0 radical (unpaired) electrons. The molecule has 0 bridgehead atoms. The Hall–Kier alpha value is -2.88. The van der Waals surface area contributed by atoms with Crippen LogP contribution in [-0.2, 0) is 15.8 Å². The van der Waals surface area contributed by atoms with E-state index in [0.717, 1.165) is 11.1 Å². The molecule has 2 nitrogen and oxygen atoms in total. The monoisotopic (exact) mass is 456 g/mol. The Balaban J connectivity index is 1.87. The standard InChI is InChI=1S/C30H36O2Si/c1-25(2)27(21-22-31-23-26-15-9-6-10-16-26)24-32-33(30(3,4)5,28-17-11-7-12-18-28)29-19-13-8-14-20-29/h6-22H,23-24H2,1-5H3/b22-21+. The fourth-order valence-electron chi connectivity index (χ4n) is 4.16. The number of hydrogen-bond acceptors (Lipinski definition) is 2. The second-order valence-electron chi connectivity index (χ2n) is 9.58. The minimum atomic E-state index is -2.57. The highest BCUT2D eigenvalue weighted by Crippen LogP contribution is 2.37. The first-order valence-corrected chi connectivity index (χ1v) is 13.5. The van der Waals surface area contributed by atoms with Crippen LogP contribution in [0.15, 0.2) is 114 Å². The Morgan fingerprint density at radius 1 is 0.758 bits per heavy atom. The van der Waals surface area contributed by atoms with Crippen LogP contribution in [-0.4, -0.2) is 14.9 Å². The molecule has 0 heterocycles. The van der Waals surface area contributed by atoms with Gasteiger partial charge in [0.25, 0.3) is 8.32 Å². The molecule has 0 aliphatic heterocycles. The summed E-state index contributed by atoms with van der Waals surface area (Å²) in [6.07, 6.45) is 3.85. The van der Waals surface area contributed by atoms with Gasteiger partial charge in [-0.05, 0) is 46.5 Å². The van der Waals surface area contributed by atoms with E-state index in [9.17, 15) is 0 Å². The lowest BCUT2D eigenvalue weighted by Gasteiger charge is -2.43. The van der Waals surface area contributed by atoms with Crippen molar-refractivity contribution in [3.8, 4) is 0 Å². The van der Waals surface area contributed by atoms with Crippen LogP contribution in [0, 0.1) is 0 Å². The maximum absolute atomic E-state index is 7.08. The van der Waals surface area contributed by atoms with Crippen LogP contribution >= 0.6 is 0 Å². The van der Waals surface area contributed by atoms with Gasteiger partial charge in [-0.25, -0.2) is 0 Å². The fraction of sp³-hybridized carbons (Fsp3) is 0.267. The minimum absolute atomic E-state index is 0.0456. The summed E-state index contributed by atoms with van der Waals surface area (Å²) in [5, 5.41) is 2.54. The smallest absolute Gasteiger partial charge is 0.261 e. The highest BCUT2D eigenvalue weighted by atomic mass is 28.4. The van der Waals surface area contributed by atoms with Gasteiger partial charge in [-0.2, -0.15) is 0 Å². The van der Waals surface area contributed by atoms with Crippen LogP contribution in [0.1, 0.15) is 40.2 Å². The van der Waals surface area contributed by atoms with Gasteiger partial charge in [0.2, 0.25) is 0 Å². The van der Waals surface area contributed by atoms with Crippen LogP contribution in [0.3, 0.4) is 0 Å². The molecule has 0 saturated heterocycles. The minimum Gasteiger partial charge on any atom is -0.497 e. The van der Waals surface area contributed by atoms with E-state index in [1.54, 1.807) is 6.26 Å². The molecule has 0 saturated carbocycles. The van der Waals surface area contributed by atoms with Crippen molar-refractivity contribution in [1.82, 2.24) is 0 Å². The van der Waals surface area contributed by atoms with Crippen molar-refractivity contribution in [2.24, 2.45) is 0 Å². The van der Waals surface area contributed by atoms with Crippen molar-refractivity contribution in [2.75, 3.05) is 6.61 Å². The predicted octanol–water partition coefficient (Wildman–Crippen LogP) is 6.63. The molecule has 3 heteroatoms. The van der Waals surface area contributed by atoms with Crippen LogP contribution in [0.2, 0.25) is 5.04 Å². The second kappa shape index (κ2) is 11.3. The van der Waals surface area contributed by atoms with Gasteiger partial charge in [-0.15, -0.1) is 0 Å². The molecule has 0 aliphatic rings. The van der Waals surface area contributed by atoms with Crippen LogP contribution in [0.25, 0.3) is 0 Å². The van der Waals surface area contributed by atoms with Crippen molar-refractivity contribution >= 4 is 18.7 Å². The van der Waals surface area contributed by atoms with Gasteiger partial charge in [-0.3, -0.25) is 0 Å². The quantitative estimate of drug-likeness (QED) is 0.204. The maximum atomic E-state index is 7.08. The lowest BCUT2D eigenvalue weighted by atomic mass is 10.1. The summed E-state index contributed by atoms with van der Waals surface area (Å²) in [4.78, 5) is 0. The van der Waals surface area contributed by atoms with E-state index in [0.29, 0.717) is 13.2 Å². The zero-order valence-electron chi connectivity index (χ0n) is 20.5. The molecule has 33 heavy (non-hydrogen) atoms. The lowest BCUT2D eigenvalue weighted by Crippen LogP contribution is -2.66. The van der Waals surface area contributed by atoms with Gasteiger partial charge in [0.1, 0.15) is 6.61 Å². The van der Waals surface area contributed by atoms with E-state index >= 15 is 0 Å². The first-order valence-electron chi connectivity index (χ1n) is 11.6. The van der Waals surface area contributed by atoms with Crippen molar-refractivity contribution < 1.29 is 9.16 Å². The van der Waals surface area contributed by atoms with E-state index in [4.69, 9.17) is 9.16 Å². The van der Waals surface area contributed by atoms with E-state index in [-0.39, 0.29) is 5.04 Å². The second-order valence-corrected chi connectivity index (χ2v) is 13.9. The predicted molar refractivity (Wildman–Crippen MR) is 142 cm³/mol. The summed E-state index contributed by atoms with van der Waals surface area (Å²) in [6.45, 7) is 12.3. The zero-order chi connectivity index (χ0) is 23.7. The molecule has 3 aromatic carbocycles. The van der Waals surface area contributed by atoms with E-state index in [2.05, 4.69) is 113 Å². The summed E-state index contributed by atoms with van der Waals surface area (Å²) in [5.74, 6) is 0. The van der Waals surface area contributed by atoms with E-state index < -0.39 is 8.32 Å². The molecule has 3 aromatic rings. The summed E-state index contributed by atoms with van der Waals surface area (Å²) in [6, 6.07) is 31.8. The number of hydrogen-bond donors (Lipinski definition) is 0. The highest BCUT2D eigenvalue weighted by Gasteiger charge is 2.50. The van der Waals surface area contributed by atoms with Crippen molar-refractivity contribution in [1.29, 1.82) is 0 Å². The fourth-order valence-corrected chi connectivity index (χ4v) is 8.68. The van der Waals surface area contributed by atoms with Gasteiger partial charge in [0, 0.05) is 0 Å². The zero-order valence-corrected chi connectivity index (χ0v) is 21.5.